The number of hydrogen-bond acceptors (Lipinski definition) is 3. The molecule has 0 atom stereocenters. The van der Waals surface area contributed by atoms with Crippen LogP contribution in [0.4, 0.5) is 11.5 Å². The Labute approximate surface area is 112 Å². The molecule has 4 heteroatoms. The Kier molecular flexibility index (Phi) is 3.11. The highest BCUT2D eigenvalue weighted by molar-refractivity contribution is 8.26. The van der Waals surface area contributed by atoms with Gasteiger partial charge in [-0.2, -0.15) is 0 Å². The van der Waals surface area contributed by atoms with Gasteiger partial charge < -0.3 is 4.90 Å². The van der Waals surface area contributed by atoms with Crippen LogP contribution >= 0.6 is 11.6 Å². The quantitative estimate of drug-likeness (QED) is 0.764. The lowest BCUT2D eigenvalue weighted by Gasteiger charge is -2.28. The molecule has 0 radical (unpaired) electrons. The molecule has 0 saturated heterocycles. The van der Waals surface area contributed by atoms with Crippen molar-refractivity contribution in [1.29, 1.82) is 0 Å². The van der Waals surface area contributed by atoms with E-state index < -0.39 is 0 Å². The number of hydrogen-bond donors (Lipinski definition) is 0. The lowest BCUT2D eigenvalue weighted by Crippen LogP contribution is -2.34. The predicted octanol–water partition coefficient (Wildman–Crippen LogP) is 2.85. The van der Waals surface area contributed by atoms with Crippen LogP contribution < -0.4 is 10.4 Å². The van der Waals surface area contributed by atoms with Gasteiger partial charge in [-0.25, -0.2) is 16.6 Å². The summed E-state index contributed by atoms with van der Waals surface area (Å²) in [7, 11) is 0. The molecule has 0 spiro atoms. The zero-order valence-corrected chi connectivity index (χ0v) is 11.0. The fourth-order valence-electron chi connectivity index (χ4n) is 2.20. The van der Waals surface area contributed by atoms with Gasteiger partial charge in [0.15, 0.2) is 0 Å². The summed E-state index contributed by atoms with van der Waals surface area (Å²) in [5.74, 6) is 3.61. The Morgan fingerprint density at radius 3 is 2.72 bits per heavy atom. The van der Waals surface area contributed by atoms with Crippen molar-refractivity contribution in [2.75, 3.05) is 11.2 Å². The molecule has 1 aromatic heterocycles. The van der Waals surface area contributed by atoms with Gasteiger partial charge in [0, 0.05) is 11.9 Å². The molecule has 0 saturated carbocycles. The van der Waals surface area contributed by atoms with Crippen LogP contribution in [0.1, 0.15) is 0 Å². The number of pyridine rings is 1. The molecule has 0 unspecified atom stereocenters. The van der Waals surface area contributed by atoms with Crippen molar-refractivity contribution in [3.05, 3.63) is 60.8 Å². The van der Waals surface area contributed by atoms with E-state index in [9.17, 15) is 0 Å². The molecule has 88 valence electrons. The van der Waals surface area contributed by atoms with E-state index in [0.29, 0.717) is 5.99 Å². The summed E-state index contributed by atoms with van der Waals surface area (Å²) in [6.07, 6.45) is 6.08. The van der Waals surface area contributed by atoms with E-state index in [1.54, 1.807) is 0 Å². The molecule has 1 aromatic carbocycles. The summed E-state index contributed by atoms with van der Waals surface area (Å²) in [4.78, 5) is 6.56. The molecular formula is C14H13BN2S. The number of fused-ring (bicyclic) bond motifs is 1. The monoisotopic (exact) mass is 252 g/mol. The topological polar surface area (TPSA) is 16.1 Å². The average molecular weight is 252 g/mol. The maximum absolute atomic E-state index is 4.42. The first kappa shape index (κ1) is 11.4. The highest BCUT2D eigenvalue weighted by atomic mass is 32.2. The molecular weight excluding hydrogens is 239 g/mol. The van der Waals surface area contributed by atoms with Gasteiger partial charge in [0.25, 0.3) is 5.99 Å². The van der Waals surface area contributed by atoms with Crippen molar-refractivity contribution < 1.29 is 0 Å². The largest absolute Gasteiger partial charge is 0.303 e. The molecule has 1 aliphatic heterocycles. The van der Waals surface area contributed by atoms with Gasteiger partial charge in [-0.15, -0.1) is 0 Å². The van der Waals surface area contributed by atoms with E-state index in [1.165, 1.54) is 11.2 Å². The van der Waals surface area contributed by atoms with Crippen LogP contribution in [-0.2, 0) is 0 Å². The molecule has 0 N–H and O–H groups in total. The predicted molar refractivity (Wildman–Crippen MR) is 80.9 cm³/mol. The van der Waals surface area contributed by atoms with Crippen LogP contribution in [0.3, 0.4) is 0 Å². The van der Waals surface area contributed by atoms with E-state index in [-0.39, 0.29) is 0 Å². The Morgan fingerprint density at radius 1 is 1.11 bits per heavy atom. The number of anilines is 2. The zero-order valence-electron chi connectivity index (χ0n) is 10.2. The van der Waals surface area contributed by atoms with Crippen LogP contribution in [0.25, 0.3) is 0 Å². The third kappa shape index (κ3) is 1.93. The lowest BCUT2D eigenvalue weighted by molar-refractivity contribution is 1.18. The summed E-state index contributed by atoms with van der Waals surface area (Å²) >= 11 is 1.85. The van der Waals surface area contributed by atoms with Gasteiger partial charge in [0.05, 0.1) is 0 Å². The Balaban J connectivity index is 2.09. The molecule has 0 aliphatic carbocycles. The minimum atomic E-state index is 0.432. The molecule has 0 fully saturated rings. The molecule has 1 aliphatic rings. The minimum absolute atomic E-state index is 0.432. The number of rotatable bonds is 2. The van der Waals surface area contributed by atoms with Gasteiger partial charge in [-0.05, 0) is 36.1 Å². The fourth-order valence-corrected chi connectivity index (χ4v) is 2.88. The Morgan fingerprint density at radius 2 is 1.94 bits per heavy atom. The van der Waals surface area contributed by atoms with Crippen LogP contribution in [0.5, 0.6) is 0 Å². The zero-order chi connectivity index (χ0) is 12.4. The first-order valence-corrected chi connectivity index (χ1v) is 7.19. The molecule has 2 aromatic rings. The van der Waals surface area contributed by atoms with E-state index in [2.05, 4.69) is 52.6 Å². The molecule has 18 heavy (non-hydrogen) atoms. The highest BCUT2D eigenvalue weighted by Crippen LogP contribution is 2.27. The van der Waals surface area contributed by atoms with Crippen LogP contribution in [0.15, 0.2) is 60.8 Å². The van der Waals surface area contributed by atoms with Crippen molar-refractivity contribution in [1.82, 2.24) is 4.98 Å². The van der Waals surface area contributed by atoms with Crippen LogP contribution in [0, 0.1) is 0 Å². The summed E-state index contributed by atoms with van der Waals surface area (Å²) in [5, 5.41) is 0. The number of nitrogens with zero attached hydrogens (tertiary/aromatic N) is 2. The Hall–Kier alpha value is -1.68. The van der Waals surface area contributed by atoms with Gasteiger partial charge in [-0.3, -0.25) is 0 Å². The second-order valence-corrected chi connectivity index (χ2v) is 5.09. The summed E-state index contributed by atoms with van der Waals surface area (Å²) < 4.78 is 0. The van der Waals surface area contributed by atoms with Crippen molar-refractivity contribution in [3.8, 4) is 0 Å². The van der Waals surface area contributed by atoms with Crippen molar-refractivity contribution in [3.63, 3.8) is 0 Å². The molecule has 0 amide bonds. The SMILES string of the molecule is CSB1C=CN(c2ccccn2)c2ccccc21. The third-order valence-corrected chi connectivity index (χ3v) is 3.98. The van der Waals surface area contributed by atoms with E-state index >= 15 is 0 Å². The minimum Gasteiger partial charge on any atom is -0.303 e. The Bertz CT molecular complexity index is 571. The average Bonchev–Trinajstić information content (AvgIpc) is 2.47. The normalized spacial score (nSPS) is 13.6. The summed E-state index contributed by atoms with van der Waals surface area (Å²) in [5.41, 5.74) is 2.57. The fraction of sp³-hybridized carbons (Fsp3) is 0.0714. The smallest absolute Gasteiger partial charge is 0.270 e. The van der Waals surface area contributed by atoms with Crippen molar-refractivity contribution in [2.24, 2.45) is 0 Å². The number of benzene rings is 1. The first-order chi connectivity index (χ1) is 8.90. The van der Waals surface area contributed by atoms with E-state index in [0.717, 1.165) is 5.82 Å². The summed E-state index contributed by atoms with van der Waals surface area (Å²) in [6, 6.07) is 14.5. The van der Waals surface area contributed by atoms with Crippen molar-refractivity contribution in [2.45, 2.75) is 0 Å². The molecule has 0 bridgehead atoms. The van der Waals surface area contributed by atoms with Gasteiger partial charge in [0.1, 0.15) is 5.82 Å². The van der Waals surface area contributed by atoms with Crippen molar-refractivity contribution >= 4 is 34.6 Å². The van der Waals surface area contributed by atoms with Crippen LogP contribution in [-0.4, -0.2) is 17.2 Å². The highest BCUT2D eigenvalue weighted by Gasteiger charge is 2.23. The third-order valence-electron chi connectivity index (χ3n) is 3.06. The second-order valence-electron chi connectivity index (χ2n) is 4.11. The summed E-state index contributed by atoms with van der Waals surface area (Å²) in [6.45, 7) is 0. The molecule has 3 rings (SSSR count). The molecule has 2 heterocycles. The van der Waals surface area contributed by atoms with E-state index in [1.807, 2.05) is 36.0 Å². The van der Waals surface area contributed by atoms with Gasteiger partial charge >= 0.3 is 0 Å². The maximum atomic E-state index is 4.42. The van der Waals surface area contributed by atoms with Crippen LogP contribution in [0.2, 0.25) is 0 Å². The standard InChI is InChI=1S/C14H13BN2S/c1-18-15-9-11-17(14-8-4-5-10-16-14)13-7-3-2-6-12(13)15/h2-11H,1H3. The second kappa shape index (κ2) is 4.90. The number of para-hydroxylation sites is 1. The lowest BCUT2D eigenvalue weighted by atomic mass is 9.65. The molecule has 2 nitrogen and oxygen atoms in total. The maximum Gasteiger partial charge on any atom is 0.270 e. The van der Waals surface area contributed by atoms with Gasteiger partial charge in [0.2, 0.25) is 0 Å². The van der Waals surface area contributed by atoms with E-state index in [4.69, 9.17) is 0 Å². The first-order valence-electron chi connectivity index (χ1n) is 5.90. The number of aromatic nitrogens is 1. The van der Waals surface area contributed by atoms with Gasteiger partial charge in [-0.1, -0.05) is 30.2 Å².